The van der Waals surface area contributed by atoms with Crippen molar-refractivity contribution in [2.24, 2.45) is 5.92 Å². The van der Waals surface area contributed by atoms with Gasteiger partial charge in [0.25, 0.3) is 0 Å². The van der Waals surface area contributed by atoms with Gasteiger partial charge in [0.15, 0.2) is 0 Å². The van der Waals surface area contributed by atoms with Gasteiger partial charge in [-0.25, -0.2) is 0 Å². The Balaban J connectivity index is 1.49. The van der Waals surface area contributed by atoms with E-state index in [4.69, 9.17) is 16.3 Å². The van der Waals surface area contributed by atoms with Crippen molar-refractivity contribution in [3.05, 3.63) is 29.3 Å². The van der Waals surface area contributed by atoms with Crippen molar-refractivity contribution in [2.45, 2.75) is 38.8 Å². The Morgan fingerprint density at radius 2 is 2.00 bits per heavy atom. The first kappa shape index (κ1) is 16.6. The summed E-state index contributed by atoms with van der Waals surface area (Å²) in [6.45, 7) is 7.74. The van der Waals surface area contributed by atoms with Crippen LogP contribution in [0.2, 0.25) is 5.02 Å². The fraction of sp³-hybridized carbons (Fsp3) is 0.611. The molecule has 5 heteroatoms. The molecule has 2 fully saturated rings. The summed E-state index contributed by atoms with van der Waals surface area (Å²) in [4.78, 5) is 17.0. The van der Waals surface area contributed by atoms with Gasteiger partial charge >= 0.3 is 0 Å². The summed E-state index contributed by atoms with van der Waals surface area (Å²) < 4.78 is 5.87. The molecule has 1 aromatic carbocycles. The van der Waals surface area contributed by atoms with Crippen molar-refractivity contribution in [1.29, 1.82) is 0 Å². The topological polar surface area (TPSA) is 32.8 Å². The lowest BCUT2D eigenvalue weighted by Crippen LogP contribution is -2.59. The van der Waals surface area contributed by atoms with Crippen molar-refractivity contribution in [1.82, 2.24) is 9.80 Å². The number of amides is 1. The largest absolute Gasteiger partial charge is 0.485 e. The average molecular weight is 337 g/mol. The highest BCUT2D eigenvalue weighted by molar-refractivity contribution is 6.32. The highest BCUT2D eigenvalue weighted by atomic mass is 35.5. The van der Waals surface area contributed by atoms with E-state index in [9.17, 15) is 4.79 Å². The maximum absolute atomic E-state index is 12.6. The fourth-order valence-corrected chi connectivity index (χ4v) is 3.53. The number of piperidine rings is 1. The molecule has 1 atom stereocenters. The first-order valence-corrected chi connectivity index (χ1v) is 8.86. The fourth-order valence-electron chi connectivity index (χ4n) is 3.35. The van der Waals surface area contributed by atoms with Crippen LogP contribution in [0.25, 0.3) is 0 Å². The van der Waals surface area contributed by atoms with Gasteiger partial charge in [-0.15, -0.1) is 0 Å². The third-order valence-corrected chi connectivity index (χ3v) is 5.13. The van der Waals surface area contributed by atoms with E-state index in [2.05, 4.69) is 18.7 Å². The van der Waals surface area contributed by atoms with Crippen LogP contribution in [0.3, 0.4) is 0 Å². The second-order valence-electron chi connectivity index (χ2n) is 6.84. The molecular weight excluding hydrogens is 312 g/mol. The molecule has 2 aliphatic heterocycles. The molecule has 0 spiro atoms. The van der Waals surface area contributed by atoms with Gasteiger partial charge in [0.2, 0.25) is 5.91 Å². The van der Waals surface area contributed by atoms with Gasteiger partial charge in [-0.05, 0) is 45.4 Å². The lowest BCUT2D eigenvalue weighted by molar-refractivity contribution is -0.146. The van der Waals surface area contributed by atoms with Crippen molar-refractivity contribution in [3.63, 3.8) is 0 Å². The van der Waals surface area contributed by atoms with Crippen molar-refractivity contribution >= 4 is 17.5 Å². The zero-order valence-corrected chi connectivity index (χ0v) is 14.6. The summed E-state index contributed by atoms with van der Waals surface area (Å²) in [5, 5.41) is 0.622. The Hall–Kier alpha value is -1.26. The van der Waals surface area contributed by atoms with Gasteiger partial charge in [0, 0.05) is 12.6 Å². The van der Waals surface area contributed by atoms with E-state index in [-0.39, 0.29) is 17.9 Å². The van der Waals surface area contributed by atoms with Crippen LogP contribution in [-0.2, 0) is 4.79 Å². The number of ether oxygens (including phenoxy) is 1. The van der Waals surface area contributed by atoms with Gasteiger partial charge in [0.05, 0.1) is 24.0 Å². The first-order chi connectivity index (χ1) is 11.0. The molecule has 0 N–H and O–H groups in total. The monoisotopic (exact) mass is 336 g/mol. The van der Waals surface area contributed by atoms with Gasteiger partial charge in [-0.2, -0.15) is 0 Å². The number of hydrogen-bond donors (Lipinski definition) is 0. The lowest BCUT2D eigenvalue weighted by atomic mass is 9.94. The number of para-hydroxylation sites is 1. The molecule has 23 heavy (non-hydrogen) atoms. The highest BCUT2D eigenvalue weighted by Crippen LogP contribution is 2.28. The zero-order chi connectivity index (χ0) is 16.4. The number of hydrogen-bond acceptors (Lipinski definition) is 3. The molecule has 0 radical (unpaired) electrons. The number of carbonyl (C=O) groups excluding carboxylic acids is 1. The smallest absolute Gasteiger partial charge is 0.227 e. The lowest BCUT2D eigenvalue weighted by Gasteiger charge is -2.43. The molecule has 0 saturated carbocycles. The van der Waals surface area contributed by atoms with Crippen molar-refractivity contribution < 1.29 is 9.53 Å². The van der Waals surface area contributed by atoms with Crippen LogP contribution in [0.4, 0.5) is 0 Å². The maximum atomic E-state index is 12.6. The number of halogens is 1. The summed E-state index contributed by atoms with van der Waals surface area (Å²) in [6, 6.07) is 7.99. The third-order valence-electron chi connectivity index (χ3n) is 4.82. The molecule has 4 nitrogen and oxygen atoms in total. The molecule has 2 heterocycles. The van der Waals surface area contributed by atoms with Crippen LogP contribution in [0, 0.1) is 5.92 Å². The quantitative estimate of drug-likeness (QED) is 0.847. The molecule has 1 aromatic rings. The minimum atomic E-state index is 0.0589. The van der Waals surface area contributed by atoms with Crippen molar-refractivity contribution in [3.8, 4) is 5.75 Å². The van der Waals surface area contributed by atoms with Crippen LogP contribution >= 0.6 is 11.6 Å². The van der Waals surface area contributed by atoms with Crippen LogP contribution < -0.4 is 4.74 Å². The summed E-state index contributed by atoms with van der Waals surface area (Å²) in [6.07, 6.45) is 2.18. The maximum Gasteiger partial charge on any atom is 0.227 e. The Bertz CT molecular complexity index is 558. The Labute approximate surface area is 143 Å². The van der Waals surface area contributed by atoms with E-state index in [0.717, 1.165) is 25.9 Å². The van der Waals surface area contributed by atoms with Crippen LogP contribution in [0.1, 0.15) is 26.7 Å². The summed E-state index contributed by atoms with van der Waals surface area (Å²) >= 11 is 6.10. The molecule has 1 amide bonds. The normalized spacial score (nSPS) is 23.0. The van der Waals surface area contributed by atoms with Gasteiger partial charge in [0.1, 0.15) is 11.9 Å². The van der Waals surface area contributed by atoms with Crippen LogP contribution in [0.5, 0.6) is 5.75 Å². The van der Waals surface area contributed by atoms with E-state index in [1.807, 2.05) is 29.2 Å². The van der Waals surface area contributed by atoms with Crippen molar-refractivity contribution in [2.75, 3.05) is 26.2 Å². The Morgan fingerprint density at radius 3 is 2.70 bits per heavy atom. The molecule has 3 rings (SSSR count). The van der Waals surface area contributed by atoms with Gasteiger partial charge in [-0.1, -0.05) is 23.7 Å². The first-order valence-electron chi connectivity index (χ1n) is 8.48. The minimum absolute atomic E-state index is 0.0589. The SMILES string of the molecule is CC(C)N1CCC[C@H](C(=O)N2CC(Oc3ccccc3Cl)C2)C1. The summed E-state index contributed by atoms with van der Waals surface area (Å²) in [5.41, 5.74) is 0. The van der Waals surface area contributed by atoms with Gasteiger partial charge in [-0.3, -0.25) is 4.79 Å². The second kappa shape index (κ2) is 7.10. The molecule has 0 bridgehead atoms. The van der Waals surface area contributed by atoms with E-state index in [0.29, 0.717) is 29.9 Å². The molecule has 2 aliphatic rings. The molecule has 0 unspecified atom stereocenters. The van der Waals surface area contributed by atoms with Crippen LogP contribution in [-0.4, -0.2) is 54.0 Å². The summed E-state index contributed by atoms with van der Waals surface area (Å²) in [5.74, 6) is 1.14. The van der Waals surface area contributed by atoms with E-state index in [1.165, 1.54) is 0 Å². The Morgan fingerprint density at radius 1 is 1.26 bits per heavy atom. The molecule has 0 aliphatic carbocycles. The summed E-state index contributed by atoms with van der Waals surface area (Å²) in [7, 11) is 0. The average Bonchev–Trinajstić information content (AvgIpc) is 2.51. The molecule has 126 valence electrons. The molecule has 2 saturated heterocycles. The van der Waals surface area contributed by atoms with E-state index < -0.39 is 0 Å². The standard InChI is InChI=1S/C18H25ClN2O2/c1-13(2)20-9-5-6-14(10-20)18(22)21-11-15(12-21)23-17-8-4-3-7-16(17)19/h3-4,7-8,13-15H,5-6,9-12H2,1-2H3/t14-/m0/s1. The predicted octanol–water partition coefficient (Wildman–Crippen LogP) is 3.05. The van der Waals surface area contributed by atoms with Gasteiger partial charge < -0.3 is 14.5 Å². The predicted molar refractivity (Wildman–Crippen MR) is 91.9 cm³/mol. The minimum Gasteiger partial charge on any atom is -0.485 e. The van der Waals surface area contributed by atoms with E-state index >= 15 is 0 Å². The third kappa shape index (κ3) is 3.81. The number of rotatable bonds is 4. The second-order valence-corrected chi connectivity index (χ2v) is 7.25. The number of benzene rings is 1. The number of likely N-dealkylation sites (tertiary alicyclic amines) is 2. The molecule has 0 aromatic heterocycles. The molecular formula is C18H25ClN2O2. The number of nitrogens with zero attached hydrogens (tertiary/aromatic N) is 2. The highest BCUT2D eigenvalue weighted by Gasteiger charge is 2.37. The zero-order valence-electron chi connectivity index (χ0n) is 13.9. The number of carbonyl (C=O) groups is 1. The van der Waals surface area contributed by atoms with Crippen LogP contribution in [0.15, 0.2) is 24.3 Å². The van der Waals surface area contributed by atoms with E-state index in [1.54, 1.807) is 0 Å². The Kier molecular flexibility index (Phi) is 5.12.